The molecule has 0 saturated carbocycles. The monoisotopic (exact) mass is 615 g/mol. The lowest BCUT2D eigenvalue weighted by Crippen LogP contribution is -2.15. The Labute approximate surface area is 277 Å². The largest absolute Gasteiger partial charge is 0.455 e. The van der Waals surface area contributed by atoms with Crippen LogP contribution in [0.25, 0.3) is 88.8 Å². The third kappa shape index (κ3) is 3.80. The van der Waals surface area contributed by atoms with Crippen LogP contribution in [0.5, 0.6) is 0 Å². The van der Waals surface area contributed by atoms with Crippen LogP contribution < -0.4 is 0 Å². The van der Waals surface area contributed by atoms with Gasteiger partial charge >= 0.3 is 0 Å². The van der Waals surface area contributed by atoms with Crippen LogP contribution in [0.15, 0.2) is 144 Å². The standard InChI is InChI=1S/C44H29N3O/c1-44(2)34-21-11-10-19-32(34)36-30-17-8-9-18-31(30)40-38(39(36)44)37-33(20-12-22-35(37)48-40)43-46-41(27-14-4-3-5-15-27)45-42(47-43)29-24-23-26-13-6-7-16-28(26)25-29/h3-25H,1-2H3. The molecule has 0 radical (unpaired) electrons. The fourth-order valence-electron chi connectivity index (χ4n) is 7.88. The minimum absolute atomic E-state index is 0.247. The maximum atomic E-state index is 6.85. The minimum atomic E-state index is -0.247. The summed E-state index contributed by atoms with van der Waals surface area (Å²) in [4.78, 5) is 15.4. The number of benzene rings is 7. The number of aromatic nitrogens is 3. The lowest BCUT2D eigenvalue weighted by atomic mass is 9.79. The second-order valence-corrected chi connectivity index (χ2v) is 13.2. The smallest absolute Gasteiger partial charge is 0.164 e. The van der Waals surface area contributed by atoms with Crippen LogP contribution in [0.3, 0.4) is 0 Å². The Morgan fingerprint density at radius 1 is 0.500 bits per heavy atom. The molecule has 4 nitrogen and oxygen atoms in total. The molecule has 7 aromatic carbocycles. The van der Waals surface area contributed by atoms with Crippen molar-refractivity contribution in [1.29, 1.82) is 0 Å². The number of furan rings is 1. The number of fused-ring (bicyclic) bond motifs is 11. The lowest BCUT2D eigenvalue weighted by Gasteiger charge is -2.23. The molecule has 0 fully saturated rings. The summed E-state index contributed by atoms with van der Waals surface area (Å²) in [6.07, 6.45) is 0. The summed E-state index contributed by atoms with van der Waals surface area (Å²) >= 11 is 0. The molecule has 2 heterocycles. The molecule has 4 heteroatoms. The molecule has 1 aliphatic rings. The average Bonchev–Trinajstić information content (AvgIpc) is 3.64. The summed E-state index contributed by atoms with van der Waals surface area (Å²) in [6, 6.07) is 48.6. The molecule has 0 saturated heterocycles. The van der Waals surface area contributed by atoms with Gasteiger partial charge in [-0.1, -0.05) is 141 Å². The zero-order valence-electron chi connectivity index (χ0n) is 26.5. The highest BCUT2D eigenvalue weighted by Gasteiger charge is 2.40. The van der Waals surface area contributed by atoms with Crippen molar-refractivity contribution in [3.63, 3.8) is 0 Å². The van der Waals surface area contributed by atoms with Crippen LogP contribution in [0, 0.1) is 0 Å². The van der Waals surface area contributed by atoms with E-state index in [9.17, 15) is 0 Å². The third-order valence-electron chi connectivity index (χ3n) is 10.1. The minimum Gasteiger partial charge on any atom is -0.455 e. The summed E-state index contributed by atoms with van der Waals surface area (Å²) in [5, 5.41) is 6.81. The first-order valence-corrected chi connectivity index (χ1v) is 16.4. The maximum Gasteiger partial charge on any atom is 0.164 e. The topological polar surface area (TPSA) is 51.8 Å². The van der Waals surface area contributed by atoms with Crippen molar-refractivity contribution in [2.75, 3.05) is 0 Å². The van der Waals surface area contributed by atoms with Crippen LogP contribution in [-0.2, 0) is 5.41 Å². The van der Waals surface area contributed by atoms with E-state index in [0.717, 1.165) is 49.4 Å². The Morgan fingerprint density at radius 2 is 1.17 bits per heavy atom. The predicted octanol–water partition coefficient (Wildman–Crippen LogP) is 11.4. The van der Waals surface area contributed by atoms with Gasteiger partial charge in [-0.25, -0.2) is 15.0 Å². The van der Waals surface area contributed by atoms with Crippen molar-refractivity contribution in [3.05, 3.63) is 151 Å². The molecular weight excluding hydrogens is 587 g/mol. The summed E-state index contributed by atoms with van der Waals surface area (Å²) < 4.78 is 6.85. The first-order chi connectivity index (χ1) is 23.6. The van der Waals surface area contributed by atoms with E-state index in [1.54, 1.807) is 0 Å². The summed E-state index contributed by atoms with van der Waals surface area (Å²) in [5.74, 6) is 1.89. The van der Waals surface area contributed by atoms with E-state index in [1.807, 2.05) is 24.3 Å². The first-order valence-electron chi connectivity index (χ1n) is 16.4. The number of nitrogens with zero attached hydrogens (tertiary/aromatic N) is 3. The van der Waals surface area contributed by atoms with Gasteiger partial charge in [0.25, 0.3) is 0 Å². The zero-order valence-corrected chi connectivity index (χ0v) is 26.5. The van der Waals surface area contributed by atoms with E-state index in [2.05, 4.69) is 129 Å². The predicted molar refractivity (Wildman–Crippen MR) is 196 cm³/mol. The van der Waals surface area contributed by atoms with Gasteiger partial charge in [0.15, 0.2) is 17.5 Å². The Balaban J connectivity index is 1.32. The maximum absolute atomic E-state index is 6.85. The van der Waals surface area contributed by atoms with Gasteiger partial charge in [-0.2, -0.15) is 0 Å². The van der Waals surface area contributed by atoms with Crippen molar-refractivity contribution >= 4 is 43.5 Å². The van der Waals surface area contributed by atoms with Crippen molar-refractivity contribution in [3.8, 4) is 45.3 Å². The van der Waals surface area contributed by atoms with Gasteiger partial charge in [0.2, 0.25) is 0 Å². The first kappa shape index (κ1) is 27.0. The normalized spacial score (nSPS) is 13.4. The molecule has 9 aromatic rings. The van der Waals surface area contributed by atoms with Gasteiger partial charge in [0.05, 0.1) is 0 Å². The van der Waals surface area contributed by atoms with Crippen LogP contribution in [0.2, 0.25) is 0 Å². The molecule has 10 rings (SSSR count). The highest BCUT2D eigenvalue weighted by atomic mass is 16.3. The quantitative estimate of drug-likeness (QED) is 0.198. The van der Waals surface area contributed by atoms with Gasteiger partial charge in [-0.05, 0) is 50.5 Å². The molecule has 1 aliphatic carbocycles. The Morgan fingerprint density at radius 3 is 2.02 bits per heavy atom. The second kappa shape index (κ2) is 9.93. The zero-order chi connectivity index (χ0) is 32.0. The molecule has 0 bridgehead atoms. The number of hydrogen-bond donors (Lipinski definition) is 0. The fraction of sp³-hybridized carbons (Fsp3) is 0.0682. The highest BCUT2D eigenvalue weighted by molar-refractivity contribution is 6.25. The number of rotatable bonds is 3. The van der Waals surface area contributed by atoms with Gasteiger partial charge in [0, 0.05) is 38.3 Å². The summed E-state index contributed by atoms with van der Waals surface area (Å²) in [6.45, 7) is 4.67. The molecule has 226 valence electrons. The molecule has 48 heavy (non-hydrogen) atoms. The average molecular weight is 616 g/mol. The van der Waals surface area contributed by atoms with E-state index in [-0.39, 0.29) is 5.41 Å². The van der Waals surface area contributed by atoms with E-state index in [4.69, 9.17) is 19.4 Å². The van der Waals surface area contributed by atoms with Gasteiger partial charge in [0.1, 0.15) is 11.2 Å². The molecule has 0 unspecified atom stereocenters. The number of hydrogen-bond acceptors (Lipinski definition) is 4. The SMILES string of the molecule is CC1(C)c2ccccc2-c2c1c1c(oc3cccc(-c4nc(-c5ccccc5)nc(-c5ccc6ccccc6c5)n4)c31)c1ccccc21. The van der Waals surface area contributed by atoms with Crippen molar-refractivity contribution in [1.82, 2.24) is 15.0 Å². The van der Waals surface area contributed by atoms with E-state index < -0.39 is 0 Å². The summed E-state index contributed by atoms with van der Waals surface area (Å²) in [7, 11) is 0. The van der Waals surface area contributed by atoms with Crippen LogP contribution >= 0.6 is 0 Å². The van der Waals surface area contributed by atoms with Crippen LogP contribution in [-0.4, -0.2) is 15.0 Å². The van der Waals surface area contributed by atoms with Gasteiger partial charge in [-0.3, -0.25) is 0 Å². The molecular formula is C44H29N3O. The van der Waals surface area contributed by atoms with E-state index in [1.165, 1.54) is 33.0 Å². The molecule has 0 spiro atoms. The molecule has 2 aromatic heterocycles. The summed E-state index contributed by atoms with van der Waals surface area (Å²) in [5.41, 5.74) is 9.48. The molecule has 0 aliphatic heterocycles. The highest BCUT2D eigenvalue weighted by Crippen LogP contribution is 2.56. The third-order valence-corrected chi connectivity index (χ3v) is 10.1. The van der Waals surface area contributed by atoms with Crippen LogP contribution in [0.4, 0.5) is 0 Å². The van der Waals surface area contributed by atoms with E-state index >= 15 is 0 Å². The van der Waals surface area contributed by atoms with Gasteiger partial charge in [-0.15, -0.1) is 0 Å². The lowest BCUT2D eigenvalue weighted by molar-refractivity contribution is 0.659. The van der Waals surface area contributed by atoms with E-state index in [0.29, 0.717) is 17.5 Å². The van der Waals surface area contributed by atoms with Crippen molar-refractivity contribution in [2.24, 2.45) is 0 Å². The molecule has 0 N–H and O–H groups in total. The second-order valence-electron chi connectivity index (χ2n) is 13.2. The van der Waals surface area contributed by atoms with Crippen LogP contribution in [0.1, 0.15) is 25.0 Å². The molecule has 0 amide bonds. The van der Waals surface area contributed by atoms with Crippen molar-refractivity contribution in [2.45, 2.75) is 19.3 Å². The van der Waals surface area contributed by atoms with Gasteiger partial charge < -0.3 is 4.42 Å². The Hall–Kier alpha value is -6.13. The Bertz CT molecular complexity index is 2760. The van der Waals surface area contributed by atoms with Crippen molar-refractivity contribution < 1.29 is 4.42 Å². The fourth-order valence-corrected chi connectivity index (χ4v) is 7.88. The molecule has 0 atom stereocenters. The Kier molecular flexibility index (Phi) is 5.59.